The van der Waals surface area contributed by atoms with Gasteiger partial charge in [-0.2, -0.15) is 0 Å². The Labute approximate surface area is 123 Å². The molecule has 3 aromatic rings. The van der Waals surface area contributed by atoms with Crippen molar-refractivity contribution in [1.82, 2.24) is 4.98 Å². The van der Waals surface area contributed by atoms with Crippen LogP contribution in [0.5, 0.6) is 5.75 Å². The van der Waals surface area contributed by atoms with Gasteiger partial charge in [0.2, 0.25) is 0 Å². The first-order valence-electron chi connectivity index (χ1n) is 6.83. The summed E-state index contributed by atoms with van der Waals surface area (Å²) >= 11 is 0. The Hall–Kier alpha value is -2.39. The van der Waals surface area contributed by atoms with Gasteiger partial charge >= 0.3 is 0 Å². The van der Waals surface area contributed by atoms with Crippen molar-refractivity contribution in [2.24, 2.45) is 0 Å². The van der Waals surface area contributed by atoms with Crippen LogP contribution in [0, 0.1) is 0 Å². The van der Waals surface area contributed by atoms with Crippen LogP contribution >= 0.6 is 0 Å². The molecule has 2 aromatic carbocycles. The van der Waals surface area contributed by atoms with E-state index in [1.165, 1.54) is 0 Å². The fourth-order valence-electron chi connectivity index (χ4n) is 2.46. The lowest BCUT2D eigenvalue weighted by Gasteiger charge is -2.25. The Morgan fingerprint density at radius 1 is 1.00 bits per heavy atom. The Bertz CT molecular complexity index is 764. The summed E-state index contributed by atoms with van der Waals surface area (Å²) in [7, 11) is 1.63. The van der Waals surface area contributed by atoms with Crippen molar-refractivity contribution in [2.75, 3.05) is 7.11 Å². The molecule has 0 saturated carbocycles. The molecule has 0 spiro atoms. The van der Waals surface area contributed by atoms with Crippen LogP contribution in [0.25, 0.3) is 10.9 Å². The molecule has 0 aliphatic carbocycles. The Morgan fingerprint density at radius 2 is 1.71 bits per heavy atom. The molecular weight excluding hydrogens is 262 g/mol. The van der Waals surface area contributed by atoms with Gasteiger partial charge in [-0.3, -0.25) is 4.98 Å². The summed E-state index contributed by atoms with van der Waals surface area (Å²) < 4.78 is 5.16. The van der Waals surface area contributed by atoms with E-state index < -0.39 is 5.60 Å². The third-order valence-corrected chi connectivity index (χ3v) is 3.82. The number of pyridine rings is 1. The zero-order valence-electron chi connectivity index (χ0n) is 12.1. The highest BCUT2D eigenvalue weighted by Gasteiger charge is 2.25. The normalized spacial score (nSPS) is 13.9. The van der Waals surface area contributed by atoms with Gasteiger partial charge < -0.3 is 9.84 Å². The summed E-state index contributed by atoms with van der Waals surface area (Å²) in [6, 6.07) is 17.2. The van der Waals surface area contributed by atoms with Crippen LogP contribution in [0.2, 0.25) is 0 Å². The minimum atomic E-state index is -1.06. The number of hydrogen-bond acceptors (Lipinski definition) is 3. The average molecular weight is 279 g/mol. The lowest BCUT2D eigenvalue weighted by atomic mass is 9.87. The highest BCUT2D eigenvalue weighted by atomic mass is 16.5. The van der Waals surface area contributed by atoms with Crippen LogP contribution in [0.3, 0.4) is 0 Å². The Kier molecular flexibility index (Phi) is 3.35. The SMILES string of the molecule is COc1ccc(C(C)(O)c2ccc3ncccc3c2)cc1. The molecule has 0 amide bonds. The van der Waals surface area contributed by atoms with Gasteiger partial charge in [0.05, 0.1) is 12.6 Å². The lowest BCUT2D eigenvalue weighted by Crippen LogP contribution is -2.22. The molecule has 0 aliphatic heterocycles. The molecule has 106 valence electrons. The zero-order valence-corrected chi connectivity index (χ0v) is 12.1. The van der Waals surface area contributed by atoms with E-state index in [4.69, 9.17) is 4.74 Å². The zero-order chi connectivity index (χ0) is 14.9. The number of hydrogen-bond donors (Lipinski definition) is 1. The molecule has 3 heteroatoms. The van der Waals surface area contributed by atoms with Crippen molar-refractivity contribution in [3.63, 3.8) is 0 Å². The van der Waals surface area contributed by atoms with E-state index in [0.717, 1.165) is 27.8 Å². The summed E-state index contributed by atoms with van der Waals surface area (Å²) in [6.45, 7) is 1.80. The first-order chi connectivity index (χ1) is 10.1. The van der Waals surface area contributed by atoms with Crippen LogP contribution in [0.15, 0.2) is 60.8 Å². The van der Waals surface area contributed by atoms with Crippen LogP contribution in [-0.2, 0) is 5.60 Å². The Morgan fingerprint density at radius 3 is 2.43 bits per heavy atom. The maximum atomic E-state index is 10.9. The molecule has 1 unspecified atom stereocenters. The lowest BCUT2D eigenvalue weighted by molar-refractivity contribution is 0.102. The molecule has 21 heavy (non-hydrogen) atoms. The average Bonchev–Trinajstić information content (AvgIpc) is 2.54. The molecule has 0 fully saturated rings. The third-order valence-electron chi connectivity index (χ3n) is 3.82. The maximum absolute atomic E-state index is 10.9. The summed E-state index contributed by atoms with van der Waals surface area (Å²) in [5.41, 5.74) is 1.53. The fraction of sp³-hybridized carbons (Fsp3) is 0.167. The number of aliphatic hydroxyl groups is 1. The number of fused-ring (bicyclic) bond motifs is 1. The van der Waals surface area contributed by atoms with E-state index in [1.54, 1.807) is 20.2 Å². The predicted molar refractivity (Wildman–Crippen MR) is 83.4 cm³/mol. The van der Waals surface area contributed by atoms with Gasteiger partial charge in [0.25, 0.3) is 0 Å². The summed E-state index contributed by atoms with van der Waals surface area (Å²) in [4.78, 5) is 4.30. The second-order valence-electron chi connectivity index (χ2n) is 5.21. The molecule has 0 saturated heterocycles. The van der Waals surface area contributed by atoms with Gasteiger partial charge in [-0.15, -0.1) is 0 Å². The fourth-order valence-corrected chi connectivity index (χ4v) is 2.46. The van der Waals surface area contributed by atoms with Gasteiger partial charge in [0.15, 0.2) is 0 Å². The Balaban J connectivity index is 2.05. The van der Waals surface area contributed by atoms with Crippen LogP contribution in [-0.4, -0.2) is 17.2 Å². The smallest absolute Gasteiger partial charge is 0.118 e. The summed E-state index contributed by atoms with van der Waals surface area (Å²) in [5.74, 6) is 0.775. The molecular formula is C18H17NO2. The molecule has 1 heterocycles. The molecule has 0 radical (unpaired) electrons. The van der Waals surface area contributed by atoms with Gasteiger partial charge in [-0.25, -0.2) is 0 Å². The van der Waals surface area contributed by atoms with E-state index in [-0.39, 0.29) is 0 Å². The number of benzene rings is 2. The van der Waals surface area contributed by atoms with Crippen molar-refractivity contribution < 1.29 is 9.84 Å². The van der Waals surface area contributed by atoms with E-state index in [1.807, 2.05) is 54.6 Å². The quantitative estimate of drug-likeness (QED) is 0.798. The summed E-state index contributed by atoms with van der Waals surface area (Å²) in [6.07, 6.45) is 1.77. The maximum Gasteiger partial charge on any atom is 0.118 e. The topological polar surface area (TPSA) is 42.4 Å². The summed E-state index contributed by atoms with van der Waals surface area (Å²) in [5, 5.41) is 11.9. The number of methoxy groups -OCH3 is 1. The number of nitrogens with zero attached hydrogens (tertiary/aromatic N) is 1. The van der Waals surface area contributed by atoms with Crippen molar-refractivity contribution in [2.45, 2.75) is 12.5 Å². The molecule has 1 aromatic heterocycles. The molecule has 1 atom stereocenters. The number of rotatable bonds is 3. The number of ether oxygens (including phenoxy) is 1. The van der Waals surface area contributed by atoms with Crippen LogP contribution in [0.1, 0.15) is 18.1 Å². The van der Waals surface area contributed by atoms with Crippen molar-refractivity contribution >= 4 is 10.9 Å². The van der Waals surface area contributed by atoms with Crippen LogP contribution in [0.4, 0.5) is 0 Å². The van der Waals surface area contributed by atoms with Gasteiger partial charge in [0.1, 0.15) is 11.4 Å². The highest BCUT2D eigenvalue weighted by molar-refractivity contribution is 5.79. The molecule has 1 N–H and O–H groups in total. The largest absolute Gasteiger partial charge is 0.497 e. The minimum absolute atomic E-state index is 0.775. The van der Waals surface area contributed by atoms with Gasteiger partial charge in [0, 0.05) is 11.6 Å². The van der Waals surface area contributed by atoms with E-state index in [2.05, 4.69) is 4.98 Å². The van der Waals surface area contributed by atoms with Crippen LogP contribution < -0.4 is 4.74 Å². The molecule has 0 aliphatic rings. The molecule has 3 rings (SSSR count). The molecule has 0 bridgehead atoms. The first kappa shape index (κ1) is 13.6. The second-order valence-corrected chi connectivity index (χ2v) is 5.21. The van der Waals surface area contributed by atoms with Crippen molar-refractivity contribution in [3.05, 3.63) is 71.9 Å². The van der Waals surface area contributed by atoms with Gasteiger partial charge in [-0.05, 0) is 48.4 Å². The predicted octanol–water partition coefficient (Wildman–Crippen LogP) is 3.50. The monoisotopic (exact) mass is 279 g/mol. The molecule has 3 nitrogen and oxygen atoms in total. The third kappa shape index (κ3) is 2.48. The highest BCUT2D eigenvalue weighted by Crippen LogP contribution is 2.31. The van der Waals surface area contributed by atoms with Gasteiger partial charge in [-0.1, -0.05) is 24.3 Å². The van der Waals surface area contributed by atoms with Crippen molar-refractivity contribution in [1.29, 1.82) is 0 Å². The standard InChI is InChI=1S/C18H17NO2/c1-18(20,14-5-8-16(21-2)9-6-14)15-7-10-17-13(12-15)4-3-11-19-17/h3-12,20H,1-2H3. The van der Waals surface area contributed by atoms with Crippen molar-refractivity contribution in [3.8, 4) is 5.75 Å². The second kappa shape index (κ2) is 5.19. The van der Waals surface area contributed by atoms with E-state index >= 15 is 0 Å². The van der Waals surface area contributed by atoms with E-state index in [9.17, 15) is 5.11 Å². The first-order valence-corrected chi connectivity index (χ1v) is 6.83. The minimum Gasteiger partial charge on any atom is -0.497 e. The number of aromatic nitrogens is 1. The van der Waals surface area contributed by atoms with E-state index in [0.29, 0.717) is 0 Å².